The van der Waals surface area contributed by atoms with Crippen molar-refractivity contribution in [2.75, 3.05) is 13.1 Å². The summed E-state index contributed by atoms with van der Waals surface area (Å²) in [4.78, 5) is 24.4. The van der Waals surface area contributed by atoms with Gasteiger partial charge in [-0.2, -0.15) is 0 Å². The van der Waals surface area contributed by atoms with Crippen molar-refractivity contribution in [2.24, 2.45) is 0 Å². The van der Waals surface area contributed by atoms with Gasteiger partial charge in [0.25, 0.3) is 0 Å². The molecule has 0 aromatic heterocycles. The van der Waals surface area contributed by atoms with E-state index in [1.165, 1.54) is 0 Å². The average Bonchev–Trinajstić information content (AvgIpc) is 2.63. The molecule has 18 heavy (non-hydrogen) atoms. The molecule has 0 bridgehead atoms. The number of terminal acetylenes is 1. The molecule has 1 spiro atoms. The van der Waals surface area contributed by atoms with Crippen LogP contribution in [0.15, 0.2) is 0 Å². The van der Waals surface area contributed by atoms with E-state index in [1.54, 1.807) is 0 Å². The van der Waals surface area contributed by atoms with Gasteiger partial charge in [-0.15, -0.1) is 12.3 Å². The zero-order valence-electron chi connectivity index (χ0n) is 10.3. The van der Waals surface area contributed by atoms with Crippen molar-refractivity contribution < 1.29 is 19.1 Å². The first-order chi connectivity index (χ1) is 8.68. The van der Waals surface area contributed by atoms with Crippen LogP contribution in [-0.4, -0.2) is 35.8 Å². The zero-order chi connectivity index (χ0) is 13.0. The number of esters is 2. The SMILES string of the molecule is C#CCCCCN1CCCCC12OC(=O)C(=O)O2. The van der Waals surface area contributed by atoms with Crippen LogP contribution >= 0.6 is 0 Å². The first-order valence-electron chi connectivity index (χ1n) is 6.33. The monoisotopic (exact) mass is 251 g/mol. The van der Waals surface area contributed by atoms with Crippen LogP contribution in [0.5, 0.6) is 0 Å². The van der Waals surface area contributed by atoms with E-state index < -0.39 is 17.8 Å². The van der Waals surface area contributed by atoms with Gasteiger partial charge in [-0.25, -0.2) is 14.5 Å². The molecule has 2 fully saturated rings. The maximum Gasteiger partial charge on any atom is 0.421 e. The van der Waals surface area contributed by atoms with Crippen LogP contribution < -0.4 is 0 Å². The van der Waals surface area contributed by atoms with Gasteiger partial charge < -0.3 is 9.47 Å². The highest BCUT2D eigenvalue weighted by atomic mass is 16.8. The predicted octanol–water partition coefficient (Wildman–Crippen LogP) is 1.03. The molecule has 2 saturated heterocycles. The van der Waals surface area contributed by atoms with Crippen molar-refractivity contribution in [3.05, 3.63) is 0 Å². The smallest absolute Gasteiger partial charge is 0.400 e. The van der Waals surface area contributed by atoms with E-state index >= 15 is 0 Å². The number of hydrogen-bond donors (Lipinski definition) is 0. The number of rotatable bonds is 4. The van der Waals surface area contributed by atoms with Gasteiger partial charge in [-0.05, 0) is 25.7 Å². The summed E-state index contributed by atoms with van der Waals surface area (Å²) in [7, 11) is 0. The molecule has 2 rings (SSSR count). The van der Waals surface area contributed by atoms with Gasteiger partial charge in [0.2, 0.25) is 0 Å². The van der Waals surface area contributed by atoms with Crippen molar-refractivity contribution in [2.45, 2.75) is 44.4 Å². The molecule has 5 heteroatoms. The Morgan fingerprint density at radius 3 is 2.61 bits per heavy atom. The summed E-state index contributed by atoms with van der Waals surface area (Å²) in [5.74, 6) is -0.313. The van der Waals surface area contributed by atoms with Crippen LogP contribution in [0.25, 0.3) is 0 Å². The van der Waals surface area contributed by atoms with Gasteiger partial charge >= 0.3 is 17.8 Å². The largest absolute Gasteiger partial charge is 0.421 e. The summed E-state index contributed by atoms with van der Waals surface area (Å²) in [6, 6.07) is 0. The van der Waals surface area contributed by atoms with E-state index in [1.807, 2.05) is 4.90 Å². The third kappa shape index (κ3) is 2.49. The van der Waals surface area contributed by atoms with Gasteiger partial charge in [0.15, 0.2) is 0 Å². The first kappa shape index (κ1) is 12.9. The summed E-state index contributed by atoms with van der Waals surface area (Å²) < 4.78 is 10.3. The molecule has 0 amide bonds. The number of piperidine rings is 1. The Labute approximate surface area is 106 Å². The highest BCUT2D eigenvalue weighted by molar-refractivity contribution is 6.31. The molecule has 2 aliphatic heterocycles. The van der Waals surface area contributed by atoms with E-state index in [9.17, 15) is 9.59 Å². The van der Waals surface area contributed by atoms with Crippen molar-refractivity contribution >= 4 is 11.9 Å². The number of likely N-dealkylation sites (tertiary alicyclic amines) is 1. The highest BCUT2D eigenvalue weighted by Crippen LogP contribution is 2.35. The van der Waals surface area contributed by atoms with E-state index in [4.69, 9.17) is 15.9 Å². The third-order valence-corrected chi connectivity index (χ3v) is 3.32. The van der Waals surface area contributed by atoms with Crippen molar-refractivity contribution in [1.82, 2.24) is 4.90 Å². The fourth-order valence-electron chi connectivity index (χ4n) is 2.42. The quantitative estimate of drug-likeness (QED) is 0.323. The second kappa shape index (κ2) is 5.40. The number of carbonyl (C=O) groups is 2. The first-order valence-corrected chi connectivity index (χ1v) is 6.33. The van der Waals surface area contributed by atoms with E-state index in [0.29, 0.717) is 6.42 Å². The lowest BCUT2D eigenvalue weighted by molar-refractivity contribution is -0.263. The lowest BCUT2D eigenvalue weighted by Crippen LogP contribution is -2.53. The molecule has 0 aromatic rings. The molecular formula is C13H17NO4. The standard InChI is InChI=1S/C13H17NO4/c1-2-3-4-6-9-14-10-7-5-8-13(14)17-11(15)12(16)18-13/h1H,3-10H2. The minimum atomic E-state index is -1.14. The van der Waals surface area contributed by atoms with E-state index in [0.717, 1.165) is 45.2 Å². The molecule has 0 aromatic carbocycles. The summed E-state index contributed by atoms with van der Waals surface area (Å²) in [6.45, 7) is 1.50. The lowest BCUT2D eigenvalue weighted by atomic mass is 10.1. The number of carbonyl (C=O) groups excluding carboxylic acids is 2. The Hall–Kier alpha value is -1.54. The van der Waals surface area contributed by atoms with Gasteiger partial charge in [0, 0.05) is 25.9 Å². The lowest BCUT2D eigenvalue weighted by Gasteiger charge is -2.40. The van der Waals surface area contributed by atoms with Crippen LogP contribution in [0.2, 0.25) is 0 Å². The molecule has 0 saturated carbocycles. The number of ether oxygens (including phenoxy) is 2. The molecule has 0 aliphatic carbocycles. The minimum Gasteiger partial charge on any atom is -0.400 e. The molecular weight excluding hydrogens is 234 g/mol. The normalized spacial score (nSPS) is 22.6. The Morgan fingerprint density at radius 1 is 1.22 bits per heavy atom. The predicted molar refractivity (Wildman–Crippen MR) is 63.0 cm³/mol. The van der Waals surface area contributed by atoms with Crippen LogP contribution in [0.4, 0.5) is 0 Å². The van der Waals surface area contributed by atoms with Crippen molar-refractivity contribution in [3.8, 4) is 12.3 Å². The Balaban J connectivity index is 1.96. The second-order valence-corrected chi connectivity index (χ2v) is 4.60. The fourth-order valence-corrected chi connectivity index (χ4v) is 2.42. The van der Waals surface area contributed by atoms with Gasteiger partial charge in [0.1, 0.15) is 0 Å². The maximum atomic E-state index is 11.2. The fraction of sp³-hybridized carbons (Fsp3) is 0.692. The summed E-state index contributed by atoms with van der Waals surface area (Å²) in [5.41, 5.74) is 0. The molecule has 5 nitrogen and oxygen atoms in total. The van der Waals surface area contributed by atoms with E-state index in [-0.39, 0.29) is 0 Å². The van der Waals surface area contributed by atoms with Crippen molar-refractivity contribution in [3.63, 3.8) is 0 Å². The molecule has 2 aliphatic rings. The van der Waals surface area contributed by atoms with Crippen LogP contribution in [0.3, 0.4) is 0 Å². The van der Waals surface area contributed by atoms with Gasteiger partial charge in [-0.3, -0.25) is 0 Å². The van der Waals surface area contributed by atoms with Crippen LogP contribution in [0, 0.1) is 12.3 Å². The summed E-state index contributed by atoms with van der Waals surface area (Å²) in [5, 5.41) is 0. The zero-order valence-corrected chi connectivity index (χ0v) is 10.3. The molecule has 0 N–H and O–H groups in total. The number of nitrogens with zero attached hydrogens (tertiary/aromatic N) is 1. The van der Waals surface area contributed by atoms with E-state index in [2.05, 4.69) is 5.92 Å². The van der Waals surface area contributed by atoms with Crippen LogP contribution in [-0.2, 0) is 19.1 Å². The Bertz CT molecular complexity index is 369. The average molecular weight is 251 g/mol. The number of hydrogen-bond acceptors (Lipinski definition) is 5. The summed E-state index contributed by atoms with van der Waals surface area (Å²) >= 11 is 0. The molecule has 2 heterocycles. The van der Waals surface area contributed by atoms with Gasteiger partial charge in [0.05, 0.1) is 0 Å². The Kier molecular flexibility index (Phi) is 3.87. The molecule has 98 valence electrons. The highest BCUT2D eigenvalue weighted by Gasteiger charge is 2.53. The third-order valence-electron chi connectivity index (χ3n) is 3.32. The molecule has 0 unspecified atom stereocenters. The Morgan fingerprint density at radius 2 is 1.94 bits per heavy atom. The minimum absolute atomic E-state index is 0.555. The molecule has 0 atom stereocenters. The molecule has 0 radical (unpaired) electrons. The second-order valence-electron chi connectivity index (χ2n) is 4.60. The van der Waals surface area contributed by atoms with Crippen molar-refractivity contribution in [1.29, 1.82) is 0 Å². The topological polar surface area (TPSA) is 55.8 Å². The van der Waals surface area contributed by atoms with Crippen LogP contribution in [0.1, 0.15) is 38.5 Å². The maximum absolute atomic E-state index is 11.2. The van der Waals surface area contributed by atoms with Gasteiger partial charge in [-0.1, -0.05) is 0 Å². The summed E-state index contributed by atoms with van der Waals surface area (Å²) in [6.07, 6.45) is 10.2. The number of unbranched alkanes of at least 4 members (excludes halogenated alkanes) is 2.